The minimum Gasteiger partial charge on any atom is -0.496 e. The molecule has 3 rings (SSSR count). The summed E-state index contributed by atoms with van der Waals surface area (Å²) in [4.78, 5) is 12.5. The van der Waals surface area contributed by atoms with E-state index in [1.54, 1.807) is 30.3 Å². The molecule has 0 spiro atoms. The number of aryl methyl sites for hydroxylation is 1. The number of benzene rings is 3. The third-order valence-corrected chi connectivity index (χ3v) is 6.09. The van der Waals surface area contributed by atoms with E-state index < -0.39 is 10.0 Å². The Kier molecular flexibility index (Phi) is 6.24. The second-order valence-corrected chi connectivity index (χ2v) is 8.84. The molecular formula is C21H19BrN2O4S. The van der Waals surface area contributed by atoms with Crippen molar-refractivity contribution in [3.05, 3.63) is 82.3 Å². The highest BCUT2D eigenvalue weighted by molar-refractivity contribution is 9.10. The first-order valence-electron chi connectivity index (χ1n) is 8.63. The van der Waals surface area contributed by atoms with Crippen LogP contribution in [0.2, 0.25) is 0 Å². The van der Waals surface area contributed by atoms with Gasteiger partial charge in [0.05, 0.1) is 22.2 Å². The molecule has 1 amide bonds. The number of rotatable bonds is 6. The largest absolute Gasteiger partial charge is 0.496 e. The number of anilines is 2. The lowest BCUT2D eigenvalue weighted by atomic mass is 10.2. The fraction of sp³-hybridized carbons (Fsp3) is 0.0952. The molecule has 3 aromatic carbocycles. The molecule has 3 aromatic rings. The zero-order valence-electron chi connectivity index (χ0n) is 15.8. The van der Waals surface area contributed by atoms with Crippen molar-refractivity contribution < 1.29 is 17.9 Å². The van der Waals surface area contributed by atoms with E-state index in [2.05, 4.69) is 26.0 Å². The summed E-state index contributed by atoms with van der Waals surface area (Å²) in [5.41, 5.74) is 2.26. The minimum atomic E-state index is -3.88. The van der Waals surface area contributed by atoms with Gasteiger partial charge in [-0.2, -0.15) is 0 Å². The quantitative estimate of drug-likeness (QED) is 0.536. The SMILES string of the molecule is COc1ccc(NS(=O)(=O)c2cccc(C(=O)Nc3cccc(C)c3)c2)cc1Br. The zero-order valence-corrected chi connectivity index (χ0v) is 18.2. The summed E-state index contributed by atoms with van der Waals surface area (Å²) >= 11 is 3.33. The van der Waals surface area contributed by atoms with Crippen molar-refractivity contribution in [3.63, 3.8) is 0 Å². The molecule has 0 saturated carbocycles. The summed E-state index contributed by atoms with van der Waals surface area (Å²) in [6.07, 6.45) is 0. The number of nitrogens with one attached hydrogen (secondary N) is 2. The third kappa shape index (κ3) is 5.16. The lowest BCUT2D eigenvalue weighted by Crippen LogP contribution is -2.16. The standard InChI is InChI=1S/C21H19BrN2O4S/c1-14-5-3-7-16(11-14)23-21(25)15-6-4-8-18(12-15)29(26,27)24-17-9-10-20(28-2)19(22)13-17/h3-13,24H,1-2H3,(H,23,25). The van der Waals surface area contributed by atoms with Gasteiger partial charge in [-0.25, -0.2) is 8.42 Å². The van der Waals surface area contributed by atoms with Gasteiger partial charge < -0.3 is 10.1 Å². The third-order valence-electron chi connectivity index (χ3n) is 4.09. The van der Waals surface area contributed by atoms with Crippen LogP contribution >= 0.6 is 15.9 Å². The van der Waals surface area contributed by atoms with Crippen molar-refractivity contribution in [2.75, 3.05) is 17.1 Å². The molecule has 0 aliphatic rings. The summed E-state index contributed by atoms with van der Waals surface area (Å²) in [5, 5.41) is 2.77. The number of carbonyl (C=O) groups is 1. The highest BCUT2D eigenvalue weighted by atomic mass is 79.9. The summed E-state index contributed by atoms with van der Waals surface area (Å²) in [6.45, 7) is 1.92. The van der Waals surface area contributed by atoms with Crippen LogP contribution in [-0.2, 0) is 10.0 Å². The molecule has 29 heavy (non-hydrogen) atoms. The maximum atomic E-state index is 12.8. The minimum absolute atomic E-state index is 0.0127. The van der Waals surface area contributed by atoms with Crippen molar-refractivity contribution in [2.45, 2.75) is 11.8 Å². The molecule has 0 atom stereocenters. The Bertz CT molecular complexity index is 1160. The molecule has 0 heterocycles. The Morgan fingerprint density at radius 2 is 1.72 bits per heavy atom. The Labute approximate surface area is 178 Å². The van der Waals surface area contributed by atoms with Gasteiger partial charge in [-0.05, 0) is 76.9 Å². The van der Waals surface area contributed by atoms with Crippen LogP contribution in [0.4, 0.5) is 11.4 Å². The molecule has 0 radical (unpaired) electrons. The van der Waals surface area contributed by atoms with E-state index in [1.807, 2.05) is 25.1 Å². The molecule has 2 N–H and O–H groups in total. The maximum Gasteiger partial charge on any atom is 0.261 e. The van der Waals surface area contributed by atoms with Crippen LogP contribution in [0.5, 0.6) is 5.75 Å². The highest BCUT2D eigenvalue weighted by Crippen LogP contribution is 2.29. The topological polar surface area (TPSA) is 84.5 Å². The van der Waals surface area contributed by atoms with Crippen molar-refractivity contribution >= 4 is 43.2 Å². The highest BCUT2D eigenvalue weighted by Gasteiger charge is 2.17. The summed E-state index contributed by atoms with van der Waals surface area (Å²) < 4.78 is 33.8. The Balaban J connectivity index is 1.82. The summed E-state index contributed by atoms with van der Waals surface area (Å²) in [6, 6.07) is 18.1. The van der Waals surface area contributed by atoms with Crippen LogP contribution in [0.15, 0.2) is 76.1 Å². The molecule has 0 aliphatic carbocycles. The van der Waals surface area contributed by atoms with Crippen LogP contribution < -0.4 is 14.8 Å². The molecule has 0 bridgehead atoms. The fourth-order valence-corrected chi connectivity index (χ4v) is 4.31. The lowest BCUT2D eigenvalue weighted by molar-refractivity contribution is 0.102. The van der Waals surface area contributed by atoms with Gasteiger partial charge >= 0.3 is 0 Å². The van der Waals surface area contributed by atoms with Gasteiger partial charge in [-0.3, -0.25) is 9.52 Å². The molecule has 0 aliphatic heterocycles. The van der Waals surface area contributed by atoms with Crippen LogP contribution in [-0.4, -0.2) is 21.4 Å². The second-order valence-electron chi connectivity index (χ2n) is 6.31. The van der Waals surface area contributed by atoms with Gasteiger partial charge in [0.25, 0.3) is 15.9 Å². The fourth-order valence-electron chi connectivity index (χ4n) is 2.67. The molecule has 0 fully saturated rings. The zero-order chi connectivity index (χ0) is 21.0. The average molecular weight is 475 g/mol. The number of hydrogen-bond donors (Lipinski definition) is 2. The number of methoxy groups -OCH3 is 1. The van der Waals surface area contributed by atoms with Crippen molar-refractivity contribution in [3.8, 4) is 5.75 Å². The first-order valence-corrected chi connectivity index (χ1v) is 10.9. The molecule has 6 nitrogen and oxygen atoms in total. The molecule has 0 saturated heterocycles. The van der Waals surface area contributed by atoms with Crippen LogP contribution in [0.3, 0.4) is 0 Å². The van der Waals surface area contributed by atoms with Gasteiger partial charge in [0.2, 0.25) is 0 Å². The summed E-state index contributed by atoms with van der Waals surface area (Å²) in [7, 11) is -2.35. The number of ether oxygens (including phenoxy) is 1. The predicted molar refractivity (Wildman–Crippen MR) is 117 cm³/mol. The van der Waals surface area contributed by atoms with Gasteiger partial charge in [0.1, 0.15) is 5.75 Å². The van der Waals surface area contributed by atoms with E-state index in [-0.39, 0.29) is 16.4 Å². The van der Waals surface area contributed by atoms with Crippen LogP contribution in [0, 0.1) is 6.92 Å². The first kappa shape index (κ1) is 20.9. The van der Waals surface area contributed by atoms with Gasteiger partial charge in [-0.15, -0.1) is 0 Å². The number of amides is 1. The Morgan fingerprint density at radius 1 is 0.966 bits per heavy atom. The first-order chi connectivity index (χ1) is 13.8. The number of sulfonamides is 1. The maximum absolute atomic E-state index is 12.8. The van der Waals surface area contributed by atoms with Crippen molar-refractivity contribution in [1.82, 2.24) is 0 Å². The number of halogens is 1. The second kappa shape index (κ2) is 8.67. The average Bonchev–Trinajstić information content (AvgIpc) is 2.68. The monoisotopic (exact) mass is 474 g/mol. The Morgan fingerprint density at radius 3 is 2.41 bits per heavy atom. The van der Waals surface area contributed by atoms with E-state index in [0.717, 1.165) is 5.56 Å². The van der Waals surface area contributed by atoms with Gasteiger partial charge in [-0.1, -0.05) is 18.2 Å². The van der Waals surface area contributed by atoms with Crippen molar-refractivity contribution in [1.29, 1.82) is 0 Å². The smallest absolute Gasteiger partial charge is 0.261 e. The van der Waals surface area contributed by atoms with E-state index in [1.165, 1.54) is 25.3 Å². The molecule has 0 aromatic heterocycles. The molecule has 0 unspecified atom stereocenters. The molecular weight excluding hydrogens is 456 g/mol. The lowest BCUT2D eigenvalue weighted by Gasteiger charge is -2.11. The Hall–Kier alpha value is -2.84. The van der Waals surface area contributed by atoms with Crippen LogP contribution in [0.25, 0.3) is 0 Å². The van der Waals surface area contributed by atoms with E-state index in [9.17, 15) is 13.2 Å². The van der Waals surface area contributed by atoms with Crippen molar-refractivity contribution in [2.24, 2.45) is 0 Å². The van der Waals surface area contributed by atoms with Gasteiger partial charge in [0.15, 0.2) is 0 Å². The number of hydrogen-bond acceptors (Lipinski definition) is 4. The van der Waals surface area contributed by atoms with Crippen LogP contribution in [0.1, 0.15) is 15.9 Å². The van der Waals surface area contributed by atoms with Gasteiger partial charge in [0, 0.05) is 11.3 Å². The normalized spacial score (nSPS) is 11.0. The van der Waals surface area contributed by atoms with E-state index >= 15 is 0 Å². The summed E-state index contributed by atoms with van der Waals surface area (Å²) in [5.74, 6) is 0.197. The molecule has 150 valence electrons. The van der Waals surface area contributed by atoms with E-state index in [0.29, 0.717) is 21.6 Å². The van der Waals surface area contributed by atoms with E-state index in [4.69, 9.17) is 4.74 Å². The number of carbonyl (C=O) groups excluding carboxylic acids is 1. The predicted octanol–water partition coefficient (Wildman–Crippen LogP) is 4.82. The molecule has 8 heteroatoms.